The Balaban J connectivity index is 1.87. The molecule has 0 saturated carbocycles. The molecule has 1 N–H and O–H groups in total. The lowest BCUT2D eigenvalue weighted by molar-refractivity contribution is -0.127. The number of nitrogens with zero attached hydrogens (tertiary/aromatic N) is 1. The van der Waals surface area contributed by atoms with E-state index < -0.39 is 6.10 Å². The van der Waals surface area contributed by atoms with Crippen LogP contribution >= 0.6 is 11.6 Å². The molecule has 0 saturated heterocycles. The molecule has 0 bridgehead atoms. The van der Waals surface area contributed by atoms with Gasteiger partial charge in [-0.15, -0.1) is 0 Å². The number of aryl methyl sites for hydroxylation is 1. The van der Waals surface area contributed by atoms with E-state index in [0.717, 1.165) is 11.1 Å². The average Bonchev–Trinajstić information content (AvgIpc) is 2.49. The zero-order chi connectivity index (χ0) is 15.9. The third-order valence-corrected chi connectivity index (χ3v) is 3.18. The standard InChI is InChI=1S/C17H17ClN2O2/c1-12-4-3-5-16(10-12)22-13(2)17(21)20-19-11-14-6-8-15(18)9-7-14/h3-11,13H,1-2H3,(H,20,21). The average molecular weight is 317 g/mol. The van der Waals surface area contributed by atoms with E-state index in [4.69, 9.17) is 16.3 Å². The first kappa shape index (κ1) is 16.0. The van der Waals surface area contributed by atoms with Crippen molar-refractivity contribution in [2.45, 2.75) is 20.0 Å². The number of rotatable bonds is 5. The molecule has 114 valence electrons. The molecule has 1 amide bonds. The lowest BCUT2D eigenvalue weighted by Crippen LogP contribution is -2.33. The van der Waals surface area contributed by atoms with Crippen molar-refractivity contribution in [2.75, 3.05) is 0 Å². The normalized spacial score (nSPS) is 12.1. The van der Waals surface area contributed by atoms with Crippen molar-refractivity contribution in [1.82, 2.24) is 5.43 Å². The zero-order valence-electron chi connectivity index (χ0n) is 12.4. The summed E-state index contributed by atoms with van der Waals surface area (Å²) >= 11 is 5.80. The van der Waals surface area contributed by atoms with Gasteiger partial charge in [0.05, 0.1) is 6.21 Å². The lowest BCUT2D eigenvalue weighted by Gasteiger charge is -2.13. The minimum Gasteiger partial charge on any atom is -0.481 e. The molecular formula is C17H17ClN2O2. The Kier molecular flexibility index (Phi) is 5.55. The molecule has 0 aliphatic carbocycles. The van der Waals surface area contributed by atoms with Crippen LogP contribution in [0.25, 0.3) is 0 Å². The molecule has 2 aromatic rings. The number of carbonyl (C=O) groups is 1. The maximum atomic E-state index is 11.9. The Hall–Kier alpha value is -2.33. The van der Waals surface area contributed by atoms with E-state index in [1.54, 1.807) is 25.3 Å². The predicted molar refractivity (Wildman–Crippen MR) is 88.5 cm³/mol. The quantitative estimate of drug-likeness (QED) is 0.677. The number of benzene rings is 2. The highest BCUT2D eigenvalue weighted by Crippen LogP contribution is 2.14. The minimum atomic E-state index is -0.635. The third-order valence-electron chi connectivity index (χ3n) is 2.93. The molecule has 0 fully saturated rings. The number of hydrazone groups is 1. The van der Waals surface area contributed by atoms with Crippen molar-refractivity contribution in [2.24, 2.45) is 5.10 Å². The molecule has 2 aromatic carbocycles. The summed E-state index contributed by atoms with van der Waals surface area (Å²) in [5.41, 5.74) is 4.37. The fraction of sp³-hybridized carbons (Fsp3) is 0.176. The summed E-state index contributed by atoms with van der Waals surface area (Å²) in [6, 6.07) is 14.7. The number of hydrogen-bond donors (Lipinski definition) is 1. The molecule has 1 unspecified atom stereocenters. The van der Waals surface area contributed by atoms with Crippen LogP contribution in [0.5, 0.6) is 5.75 Å². The second-order valence-corrected chi connectivity index (χ2v) is 5.30. The van der Waals surface area contributed by atoms with Crippen LogP contribution in [0.3, 0.4) is 0 Å². The molecule has 0 radical (unpaired) electrons. The largest absolute Gasteiger partial charge is 0.481 e. The van der Waals surface area contributed by atoms with Gasteiger partial charge in [-0.1, -0.05) is 35.9 Å². The summed E-state index contributed by atoms with van der Waals surface area (Å²) < 4.78 is 5.57. The second kappa shape index (κ2) is 7.61. The smallest absolute Gasteiger partial charge is 0.280 e. The van der Waals surface area contributed by atoms with E-state index >= 15 is 0 Å². The van der Waals surface area contributed by atoms with Crippen LogP contribution < -0.4 is 10.2 Å². The number of nitrogens with one attached hydrogen (secondary N) is 1. The van der Waals surface area contributed by atoms with E-state index in [9.17, 15) is 4.79 Å². The Morgan fingerprint density at radius 2 is 2.00 bits per heavy atom. The maximum absolute atomic E-state index is 11.9. The van der Waals surface area contributed by atoms with Gasteiger partial charge in [0, 0.05) is 5.02 Å². The first-order valence-electron chi connectivity index (χ1n) is 6.86. The number of amides is 1. The molecular weight excluding hydrogens is 300 g/mol. The number of carbonyl (C=O) groups excluding carboxylic acids is 1. The van der Waals surface area contributed by atoms with Crippen LogP contribution in [-0.4, -0.2) is 18.2 Å². The van der Waals surface area contributed by atoms with Gasteiger partial charge in [0.25, 0.3) is 5.91 Å². The Morgan fingerprint density at radius 1 is 1.27 bits per heavy atom. The fourth-order valence-electron chi connectivity index (χ4n) is 1.76. The van der Waals surface area contributed by atoms with Crippen LogP contribution in [0.15, 0.2) is 53.6 Å². The van der Waals surface area contributed by atoms with Gasteiger partial charge >= 0.3 is 0 Å². The van der Waals surface area contributed by atoms with Crippen molar-refractivity contribution < 1.29 is 9.53 Å². The van der Waals surface area contributed by atoms with Gasteiger partial charge in [-0.05, 0) is 49.2 Å². The highest BCUT2D eigenvalue weighted by Gasteiger charge is 2.13. The molecule has 0 spiro atoms. The monoisotopic (exact) mass is 316 g/mol. The van der Waals surface area contributed by atoms with Gasteiger partial charge < -0.3 is 4.74 Å². The van der Waals surface area contributed by atoms with Gasteiger partial charge in [-0.25, -0.2) is 5.43 Å². The summed E-state index contributed by atoms with van der Waals surface area (Å²) in [6.07, 6.45) is 0.914. The Labute approximate surface area is 134 Å². The van der Waals surface area contributed by atoms with Crippen LogP contribution in [0.2, 0.25) is 5.02 Å². The molecule has 0 aromatic heterocycles. The Morgan fingerprint density at radius 3 is 2.68 bits per heavy atom. The molecule has 0 aliphatic heterocycles. The van der Waals surface area contributed by atoms with Gasteiger partial charge in [0.15, 0.2) is 6.10 Å². The number of ether oxygens (including phenoxy) is 1. The van der Waals surface area contributed by atoms with E-state index in [0.29, 0.717) is 10.8 Å². The first-order chi connectivity index (χ1) is 10.5. The number of halogens is 1. The van der Waals surface area contributed by atoms with Crippen molar-refractivity contribution in [1.29, 1.82) is 0 Å². The van der Waals surface area contributed by atoms with E-state index in [1.165, 1.54) is 0 Å². The van der Waals surface area contributed by atoms with Crippen molar-refractivity contribution >= 4 is 23.7 Å². The summed E-state index contributed by atoms with van der Waals surface area (Å²) in [7, 11) is 0. The maximum Gasteiger partial charge on any atom is 0.280 e. The second-order valence-electron chi connectivity index (χ2n) is 4.86. The lowest BCUT2D eigenvalue weighted by atomic mass is 10.2. The van der Waals surface area contributed by atoms with Crippen molar-refractivity contribution in [3.8, 4) is 5.75 Å². The number of hydrogen-bond acceptors (Lipinski definition) is 3. The van der Waals surface area contributed by atoms with Gasteiger partial charge in [-0.2, -0.15) is 5.10 Å². The fourth-order valence-corrected chi connectivity index (χ4v) is 1.88. The van der Waals surface area contributed by atoms with E-state index in [-0.39, 0.29) is 5.91 Å². The van der Waals surface area contributed by atoms with Crippen LogP contribution in [-0.2, 0) is 4.79 Å². The van der Waals surface area contributed by atoms with E-state index in [2.05, 4.69) is 10.5 Å². The molecule has 0 heterocycles. The Bertz CT molecular complexity index is 669. The summed E-state index contributed by atoms with van der Waals surface area (Å²) in [4.78, 5) is 11.9. The SMILES string of the molecule is Cc1cccc(OC(C)C(=O)NN=Cc2ccc(Cl)cc2)c1. The summed E-state index contributed by atoms with van der Waals surface area (Å²) in [5.74, 6) is 0.344. The molecule has 22 heavy (non-hydrogen) atoms. The first-order valence-corrected chi connectivity index (χ1v) is 7.24. The predicted octanol–water partition coefficient (Wildman–Crippen LogP) is 3.57. The van der Waals surface area contributed by atoms with E-state index in [1.807, 2.05) is 43.3 Å². The molecule has 4 nitrogen and oxygen atoms in total. The minimum absolute atomic E-state index is 0.313. The van der Waals surface area contributed by atoms with Gasteiger partial charge in [-0.3, -0.25) is 4.79 Å². The topological polar surface area (TPSA) is 50.7 Å². The van der Waals surface area contributed by atoms with Gasteiger partial charge in [0.2, 0.25) is 0 Å². The molecule has 0 aliphatic rings. The van der Waals surface area contributed by atoms with Crippen molar-refractivity contribution in [3.05, 3.63) is 64.7 Å². The van der Waals surface area contributed by atoms with Crippen LogP contribution in [0, 0.1) is 6.92 Å². The molecule has 1 atom stereocenters. The third kappa shape index (κ3) is 4.90. The highest BCUT2D eigenvalue weighted by molar-refractivity contribution is 6.30. The zero-order valence-corrected chi connectivity index (χ0v) is 13.2. The molecule has 5 heteroatoms. The van der Waals surface area contributed by atoms with Crippen molar-refractivity contribution in [3.63, 3.8) is 0 Å². The van der Waals surface area contributed by atoms with Crippen LogP contribution in [0.1, 0.15) is 18.1 Å². The molecule has 2 rings (SSSR count). The summed E-state index contributed by atoms with van der Waals surface area (Å²) in [6.45, 7) is 3.64. The van der Waals surface area contributed by atoms with Gasteiger partial charge in [0.1, 0.15) is 5.75 Å². The van der Waals surface area contributed by atoms with Crippen LogP contribution in [0.4, 0.5) is 0 Å². The summed E-state index contributed by atoms with van der Waals surface area (Å²) in [5, 5.41) is 4.56. The highest BCUT2D eigenvalue weighted by atomic mass is 35.5.